The molecule has 0 heterocycles. The van der Waals surface area contributed by atoms with Gasteiger partial charge in [0.1, 0.15) is 5.75 Å². The van der Waals surface area contributed by atoms with Crippen molar-refractivity contribution < 1.29 is 9.84 Å². The molecule has 1 aromatic rings. The van der Waals surface area contributed by atoms with Crippen LogP contribution in [-0.2, 0) is 0 Å². The third kappa shape index (κ3) is 4.69. The first-order valence-corrected chi connectivity index (χ1v) is 6.70. The maximum atomic E-state index is 9.71. The molecule has 0 aliphatic rings. The first kappa shape index (κ1) is 15.0. The number of methoxy groups -OCH3 is 1. The minimum absolute atomic E-state index is 0.461. The molecule has 0 aromatic heterocycles. The van der Waals surface area contributed by atoms with E-state index in [0.29, 0.717) is 5.92 Å². The Morgan fingerprint density at radius 1 is 1.33 bits per heavy atom. The first-order chi connectivity index (χ1) is 8.33. The lowest BCUT2D eigenvalue weighted by Crippen LogP contribution is -2.18. The van der Waals surface area contributed by atoms with Gasteiger partial charge in [-0.15, -0.1) is 0 Å². The number of rotatable bonds is 6. The Morgan fingerprint density at radius 3 is 2.56 bits per heavy atom. The molecule has 0 bridgehead atoms. The normalized spacial score (nSPS) is 13.4. The average Bonchev–Trinajstić information content (AvgIpc) is 2.26. The van der Waals surface area contributed by atoms with Crippen molar-refractivity contribution in [1.29, 1.82) is 0 Å². The Kier molecular flexibility index (Phi) is 5.21. The van der Waals surface area contributed by atoms with E-state index in [9.17, 15) is 5.11 Å². The van der Waals surface area contributed by atoms with Gasteiger partial charge in [-0.3, -0.25) is 0 Å². The molecular weight excluding hydrogens is 224 g/mol. The van der Waals surface area contributed by atoms with Crippen molar-refractivity contribution in [3.8, 4) is 5.75 Å². The standard InChI is InChI=1S/C16H26O2/c1-12-8-9-14(15(11-12)18-5)13(2)7-6-10-16(3,4)17/h8-9,11,13,17H,6-7,10H2,1-5H3. The number of aliphatic hydroxyl groups is 1. The van der Waals surface area contributed by atoms with Crippen LogP contribution in [0.4, 0.5) is 0 Å². The molecule has 1 aromatic carbocycles. The van der Waals surface area contributed by atoms with Gasteiger partial charge in [0.25, 0.3) is 0 Å². The van der Waals surface area contributed by atoms with Gasteiger partial charge in [0.2, 0.25) is 0 Å². The highest BCUT2D eigenvalue weighted by molar-refractivity contribution is 5.39. The van der Waals surface area contributed by atoms with Gasteiger partial charge in [0.15, 0.2) is 0 Å². The van der Waals surface area contributed by atoms with Crippen molar-refractivity contribution in [1.82, 2.24) is 0 Å². The maximum absolute atomic E-state index is 9.71. The zero-order chi connectivity index (χ0) is 13.8. The zero-order valence-electron chi connectivity index (χ0n) is 12.3. The summed E-state index contributed by atoms with van der Waals surface area (Å²) in [6.07, 6.45) is 2.94. The lowest BCUT2D eigenvalue weighted by molar-refractivity contribution is 0.0677. The van der Waals surface area contributed by atoms with Gasteiger partial charge in [-0.25, -0.2) is 0 Å². The van der Waals surface area contributed by atoms with Crippen LogP contribution in [0.2, 0.25) is 0 Å². The molecule has 0 saturated heterocycles. The maximum Gasteiger partial charge on any atom is 0.122 e. The molecular formula is C16H26O2. The zero-order valence-corrected chi connectivity index (χ0v) is 12.3. The second-order valence-corrected chi connectivity index (χ2v) is 5.85. The van der Waals surface area contributed by atoms with E-state index in [1.54, 1.807) is 7.11 Å². The van der Waals surface area contributed by atoms with E-state index in [2.05, 4.69) is 32.0 Å². The van der Waals surface area contributed by atoms with Crippen LogP contribution in [0.5, 0.6) is 5.75 Å². The smallest absolute Gasteiger partial charge is 0.122 e. The summed E-state index contributed by atoms with van der Waals surface area (Å²) in [5.74, 6) is 1.44. The number of aryl methyl sites for hydroxylation is 1. The minimum atomic E-state index is -0.558. The summed E-state index contributed by atoms with van der Waals surface area (Å²) in [5.41, 5.74) is 1.93. The van der Waals surface area contributed by atoms with Gasteiger partial charge < -0.3 is 9.84 Å². The summed E-state index contributed by atoms with van der Waals surface area (Å²) >= 11 is 0. The first-order valence-electron chi connectivity index (χ1n) is 6.70. The predicted molar refractivity (Wildman–Crippen MR) is 76.3 cm³/mol. The van der Waals surface area contributed by atoms with Crippen LogP contribution in [0.3, 0.4) is 0 Å². The minimum Gasteiger partial charge on any atom is -0.496 e. The average molecular weight is 250 g/mol. The van der Waals surface area contributed by atoms with E-state index in [1.165, 1.54) is 11.1 Å². The number of hydrogen-bond acceptors (Lipinski definition) is 2. The molecule has 0 radical (unpaired) electrons. The lowest BCUT2D eigenvalue weighted by Gasteiger charge is -2.20. The van der Waals surface area contributed by atoms with E-state index >= 15 is 0 Å². The van der Waals surface area contributed by atoms with Crippen molar-refractivity contribution in [2.24, 2.45) is 0 Å². The highest BCUT2D eigenvalue weighted by Crippen LogP contribution is 2.31. The van der Waals surface area contributed by atoms with Gasteiger partial charge in [-0.05, 0) is 56.7 Å². The molecule has 1 N–H and O–H groups in total. The van der Waals surface area contributed by atoms with Gasteiger partial charge in [-0.1, -0.05) is 25.5 Å². The second-order valence-electron chi connectivity index (χ2n) is 5.85. The van der Waals surface area contributed by atoms with Gasteiger partial charge in [0, 0.05) is 0 Å². The Bertz CT molecular complexity index is 377. The molecule has 0 spiro atoms. The van der Waals surface area contributed by atoms with Gasteiger partial charge >= 0.3 is 0 Å². The van der Waals surface area contributed by atoms with E-state index < -0.39 is 5.60 Å². The molecule has 0 aliphatic heterocycles. The summed E-state index contributed by atoms with van der Waals surface area (Å²) < 4.78 is 5.45. The Balaban J connectivity index is 2.64. The van der Waals surface area contributed by atoms with Crippen molar-refractivity contribution >= 4 is 0 Å². The van der Waals surface area contributed by atoms with Crippen LogP contribution in [0.25, 0.3) is 0 Å². The molecule has 0 saturated carbocycles. The number of hydrogen-bond donors (Lipinski definition) is 1. The van der Waals surface area contributed by atoms with Crippen molar-refractivity contribution in [3.05, 3.63) is 29.3 Å². The Labute approximate surface area is 111 Å². The summed E-state index contributed by atoms with van der Waals surface area (Å²) in [5, 5.41) is 9.71. The molecule has 1 unspecified atom stereocenters. The van der Waals surface area contributed by atoms with Crippen LogP contribution in [0, 0.1) is 6.92 Å². The SMILES string of the molecule is COc1cc(C)ccc1C(C)CCCC(C)(C)O. The second kappa shape index (κ2) is 6.24. The van der Waals surface area contributed by atoms with Crippen LogP contribution in [-0.4, -0.2) is 17.8 Å². The quantitative estimate of drug-likeness (QED) is 0.825. The molecule has 1 atom stereocenters. The molecule has 2 heteroatoms. The van der Waals surface area contributed by atoms with E-state index in [0.717, 1.165) is 25.0 Å². The highest BCUT2D eigenvalue weighted by Gasteiger charge is 2.15. The van der Waals surface area contributed by atoms with Crippen LogP contribution in [0.1, 0.15) is 57.1 Å². The van der Waals surface area contributed by atoms with Crippen LogP contribution in [0.15, 0.2) is 18.2 Å². The third-order valence-electron chi connectivity index (χ3n) is 3.35. The number of benzene rings is 1. The molecule has 2 nitrogen and oxygen atoms in total. The molecule has 1 rings (SSSR count). The third-order valence-corrected chi connectivity index (χ3v) is 3.35. The monoisotopic (exact) mass is 250 g/mol. The predicted octanol–water partition coefficient (Wildman–Crippen LogP) is 4.05. The molecule has 102 valence electrons. The fourth-order valence-corrected chi connectivity index (χ4v) is 2.22. The van der Waals surface area contributed by atoms with Crippen molar-refractivity contribution in [3.63, 3.8) is 0 Å². The molecule has 0 fully saturated rings. The van der Waals surface area contributed by atoms with E-state index in [-0.39, 0.29) is 0 Å². The fourth-order valence-electron chi connectivity index (χ4n) is 2.22. The van der Waals surface area contributed by atoms with Crippen molar-refractivity contribution in [2.45, 2.75) is 58.5 Å². The lowest BCUT2D eigenvalue weighted by atomic mass is 9.91. The molecule has 18 heavy (non-hydrogen) atoms. The molecule has 0 aliphatic carbocycles. The van der Waals surface area contributed by atoms with Crippen LogP contribution >= 0.6 is 0 Å². The van der Waals surface area contributed by atoms with Gasteiger partial charge in [-0.2, -0.15) is 0 Å². The summed E-state index contributed by atoms with van der Waals surface area (Å²) in [6.45, 7) is 8.02. The van der Waals surface area contributed by atoms with Gasteiger partial charge in [0.05, 0.1) is 12.7 Å². The Hall–Kier alpha value is -1.02. The summed E-state index contributed by atoms with van der Waals surface area (Å²) in [6, 6.07) is 6.37. The van der Waals surface area contributed by atoms with Crippen LogP contribution < -0.4 is 4.74 Å². The fraction of sp³-hybridized carbons (Fsp3) is 0.625. The largest absolute Gasteiger partial charge is 0.496 e. The Morgan fingerprint density at radius 2 is 2.00 bits per heavy atom. The van der Waals surface area contributed by atoms with E-state index in [1.807, 2.05) is 13.8 Å². The highest BCUT2D eigenvalue weighted by atomic mass is 16.5. The topological polar surface area (TPSA) is 29.5 Å². The molecule has 0 amide bonds. The van der Waals surface area contributed by atoms with Crippen molar-refractivity contribution in [2.75, 3.05) is 7.11 Å². The summed E-state index contributed by atoms with van der Waals surface area (Å²) in [4.78, 5) is 0. The number of ether oxygens (including phenoxy) is 1. The summed E-state index contributed by atoms with van der Waals surface area (Å²) in [7, 11) is 1.72. The van der Waals surface area contributed by atoms with E-state index in [4.69, 9.17) is 4.74 Å².